The van der Waals surface area contributed by atoms with Crippen molar-refractivity contribution < 1.29 is 9.90 Å². The molecule has 5 nitrogen and oxygen atoms in total. The highest BCUT2D eigenvalue weighted by atomic mass is 16.3. The quantitative estimate of drug-likeness (QED) is 0.818. The molecule has 0 radical (unpaired) electrons. The van der Waals surface area contributed by atoms with Gasteiger partial charge in [0, 0.05) is 39.3 Å². The molecule has 1 heterocycles. The van der Waals surface area contributed by atoms with E-state index in [1.165, 1.54) is 11.1 Å². The number of aliphatic hydroxyl groups excluding tert-OH is 1. The number of likely N-dealkylation sites (N-methyl/N-ethyl adjacent to an activating group) is 1. The summed E-state index contributed by atoms with van der Waals surface area (Å²) in [5.41, 5.74) is 2.70. The van der Waals surface area contributed by atoms with E-state index >= 15 is 0 Å². The van der Waals surface area contributed by atoms with Crippen LogP contribution >= 0.6 is 0 Å². The van der Waals surface area contributed by atoms with E-state index in [4.69, 9.17) is 0 Å². The molecule has 134 valence electrons. The van der Waals surface area contributed by atoms with Crippen LogP contribution in [0.4, 0.5) is 0 Å². The summed E-state index contributed by atoms with van der Waals surface area (Å²) in [6.45, 7) is 9.53. The fourth-order valence-corrected chi connectivity index (χ4v) is 3.00. The van der Waals surface area contributed by atoms with Gasteiger partial charge in [0.2, 0.25) is 5.91 Å². The van der Waals surface area contributed by atoms with Crippen molar-refractivity contribution >= 4 is 5.91 Å². The Morgan fingerprint density at radius 2 is 1.92 bits per heavy atom. The third-order valence-electron chi connectivity index (χ3n) is 4.71. The number of aliphatic hydroxyl groups is 1. The van der Waals surface area contributed by atoms with Crippen molar-refractivity contribution in [2.45, 2.75) is 32.9 Å². The van der Waals surface area contributed by atoms with Crippen LogP contribution in [0.2, 0.25) is 0 Å². The van der Waals surface area contributed by atoms with E-state index in [1.807, 2.05) is 16.8 Å². The number of piperazine rings is 1. The predicted octanol–water partition coefficient (Wildman–Crippen LogP) is 1.34. The minimum atomic E-state index is -0.312. The lowest BCUT2D eigenvalue weighted by atomic mass is 10.1. The first-order valence-corrected chi connectivity index (χ1v) is 8.87. The number of carbonyl (C=O) groups excluding carboxylic acids is 1. The Labute approximate surface area is 145 Å². The van der Waals surface area contributed by atoms with Crippen molar-refractivity contribution in [3.05, 3.63) is 35.4 Å². The lowest BCUT2D eigenvalue weighted by Gasteiger charge is -2.35. The van der Waals surface area contributed by atoms with Crippen molar-refractivity contribution in [1.29, 1.82) is 0 Å². The van der Waals surface area contributed by atoms with Crippen LogP contribution in [0.1, 0.15) is 24.5 Å². The number of hydrogen-bond donors (Lipinski definition) is 1. The average Bonchev–Trinajstić information content (AvgIpc) is 2.55. The normalized spacial score (nSPS) is 17.3. The number of rotatable bonds is 7. The Balaban J connectivity index is 1.74. The largest absolute Gasteiger partial charge is 0.393 e. The SMILES string of the molecule is Cc1ccccc1CN1CCN(C(=O)CN(C)CCC(C)O)CC1. The summed E-state index contributed by atoms with van der Waals surface area (Å²) in [7, 11) is 1.94. The van der Waals surface area contributed by atoms with Crippen LogP contribution < -0.4 is 0 Å². The molecule has 1 unspecified atom stereocenters. The van der Waals surface area contributed by atoms with Gasteiger partial charge < -0.3 is 10.0 Å². The second-order valence-electron chi connectivity index (χ2n) is 6.96. The first-order chi connectivity index (χ1) is 11.5. The molecule has 0 bridgehead atoms. The van der Waals surface area contributed by atoms with Crippen molar-refractivity contribution in [2.24, 2.45) is 0 Å². The van der Waals surface area contributed by atoms with E-state index in [-0.39, 0.29) is 12.0 Å². The first-order valence-electron chi connectivity index (χ1n) is 8.87. The lowest BCUT2D eigenvalue weighted by Crippen LogP contribution is -2.50. The van der Waals surface area contributed by atoms with Crippen LogP contribution in [0.15, 0.2) is 24.3 Å². The van der Waals surface area contributed by atoms with Gasteiger partial charge in [-0.1, -0.05) is 24.3 Å². The van der Waals surface area contributed by atoms with Crippen molar-refractivity contribution in [3.63, 3.8) is 0 Å². The van der Waals surface area contributed by atoms with Gasteiger partial charge in [0.25, 0.3) is 0 Å². The zero-order chi connectivity index (χ0) is 17.5. The lowest BCUT2D eigenvalue weighted by molar-refractivity contribution is -0.134. The Morgan fingerprint density at radius 3 is 2.54 bits per heavy atom. The highest BCUT2D eigenvalue weighted by molar-refractivity contribution is 5.78. The second-order valence-corrected chi connectivity index (χ2v) is 6.96. The molecule has 1 N–H and O–H groups in total. The molecule has 1 saturated heterocycles. The molecule has 1 amide bonds. The number of nitrogens with zero attached hydrogens (tertiary/aromatic N) is 3. The summed E-state index contributed by atoms with van der Waals surface area (Å²) in [6, 6.07) is 8.50. The summed E-state index contributed by atoms with van der Waals surface area (Å²) in [6.07, 6.45) is 0.390. The number of carbonyl (C=O) groups is 1. The molecular formula is C19H31N3O2. The summed E-state index contributed by atoms with van der Waals surface area (Å²) in [4.78, 5) is 18.8. The van der Waals surface area contributed by atoms with Gasteiger partial charge in [-0.25, -0.2) is 0 Å². The summed E-state index contributed by atoms with van der Waals surface area (Å²) in [5, 5.41) is 9.33. The van der Waals surface area contributed by atoms with Gasteiger partial charge in [0.05, 0.1) is 12.6 Å². The van der Waals surface area contributed by atoms with E-state index in [9.17, 15) is 9.90 Å². The molecule has 1 aliphatic heterocycles. The highest BCUT2D eigenvalue weighted by Crippen LogP contribution is 2.12. The van der Waals surface area contributed by atoms with Gasteiger partial charge in [-0.05, 0) is 38.4 Å². The second kappa shape index (κ2) is 9.16. The van der Waals surface area contributed by atoms with Gasteiger partial charge >= 0.3 is 0 Å². The van der Waals surface area contributed by atoms with Crippen LogP contribution in [-0.2, 0) is 11.3 Å². The molecule has 1 aromatic carbocycles. The van der Waals surface area contributed by atoms with E-state index in [0.717, 1.165) is 39.3 Å². The maximum Gasteiger partial charge on any atom is 0.236 e. The van der Waals surface area contributed by atoms with Gasteiger partial charge in [-0.15, -0.1) is 0 Å². The molecule has 0 saturated carbocycles. The Morgan fingerprint density at radius 1 is 1.25 bits per heavy atom. The number of hydrogen-bond acceptors (Lipinski definition) is 4. The van der Waals surface area contributed by atoms with Crippen LogP contribution in [-0.4, -0.2) is 78.1 Å². The highest BCUT2D eigenvalue weighted by Gasteiger charge is 2.22. The summed E-state index contributed by atoms with van der Waals surface area (Å²) in [5.74, 6) is 0.193. The van der Waals surface area contributed by atoms with Crippen LogP contribution in [0, 0.1) is 6.92 Å². The first kappa shape index (κ1) is 18.9. The van der Waals surface area contributed by atoms with E-state index in [2.05, 4.69) is 36.1 Å². The third-order valence-corrected chi connectivity index (χ3v) is 4.71. The van der Waals surface area contributed by atoms with E-state index < -0.39 is 0 Å². The van der Waals surface area contributed by atoms with Gasteiger partial charge in [-0.3, -0.25) is 14.6 Å². The Bertz CT molecular complexity index is 525. The maximum absolute atomic E-state index is 12.4. The molecule has 1 aromatic rings. The maximum atomic E-state index is 12.4. The van der Waals surface area contributed by atoms with Crippen molar-refractivity contribution in [2.75, 3.05) is 46.3 Å². The van der Waals surface area contributed by atoms with Crippen molar-refractivity contribution in [3.8, 4) is 0 Å². The van der Waals surface area contributed by atoms with Crippen molar-refractivity contribution in [1.82, 2.24) is 14.7 Å². The molecular weight excluding hydrogens is 302 g/mol. The summed E-state index contributed by atoms with van der Waals surface area (Å²) < 4.78 is 0. The Kier molecular flexibility index (Phi) is 7.21. The zero-order valence-corrected chi connectivity index (χ0v) is 15.2. The standard InChI is InChI=1S/C19H31N3O2/c1-16-6-4-5-7-18(16)14-21-10-12-22(13-11-21)19(24)15-20(3)9-8-17(2)23/h4-7,17,23H,8-15H2,1-3H3. The molecule has 5 heteroatoms. The third kappa shape index (κ3) is 5.89. The molecule has 24 heavy (non-hydrogen) atoms. The molecule has 1 aliphatic rings. The van der Waals surface area contributed by atoms with Crippen LogP contribution in [0.5, 0.6) is 0 Å². The molecule has 1 fully saturated rings. The molecule has 0 spiro atoms. The topological polar surface area (TPSA) is 47.0 Å². The molecule has 1 atom stereocenters. The predicted molar refractivity (Wildman–Crippen MR) is 96.8 cm³/mol. The average molecular weight is 333 g/mol. The van der Waals surface area contributed by atoms with Crippen LogP contribution in [0.25, 0.3) is 0 Å². The van der Waals surface area contributed by atoms with Gasteiger partial charge in [0.1, 0.15) is 0 Å². The molecule has 0 aliphatic carbocycles. The molecule has 2 rings (SSSR count). The monoisotopic (exact) mass is 333 g/mol. The van der Waals surface area contributed by atoms with Crippen LogP contribution in [0.3, 0.4) is 0 Å². The zero-order valence-electron chi connectivity index (χ0n) is 15.2. The van der Waals surface area contributed by atoms with E-state index in [1.54, 1.807) is 6.92 Å². The Hall–Kier alpha value is -1.43. The van der Waals surface area contributed by atoms with Gasteiger partial charge in [-0.2, -0.15) is 0 Å². The molecule has 0 aromatic heterocycles. The van der Waals surface area contributed by atoms with Gasteiger partial charge in [0.15, 0.2) is 0 Å². The minimum absolute atomic E-state index is 0.193. The smallest absolute Gasteiger partial charge is 0.236 e. The number of benzene rings is 1. The fourth-order valence-electron chi connectivity index (χ4n) is 3.00. The minimum Gasteiger partial charge on any atom is -0.393 e. The number of aryl methyl sites for hydroxylation is 1. The fraction of sp³-hybridized carbons (Fsp3) is 0.632. The number of amides is 1. The summed E-state index contributed by atoms with van der Waals surface area (Å²) >= 11 is 0. The van der Waals surface area contributed by atoms with E-state index in [0.29, 0.717) is 13.0 Å².